The van der Waals surface area contributed by atoms with Crippen LogP contribution in [0.3, 0.4) is 0 Å². The van der Waals surface area contributed by atoms with Crippen molar-refractivity contribution in [3.05, 3.63) is 40.4 Å². The van der Waals surface area contributed by atoms with Crippen LogP contribution in [0.4, 0.5) is 5.69 Å². The Labute approximate surface area is 113 Å². The van der Waals surface area contributed by atoms with Crippen molar-refractivity contribution in [3.8, 4) is 0 Å². The van der Waals surface area contributed by atoms with E-state index in [-0.39, 0.29) is 6.04 Å². The molecule has 0 spiro atoms. The molecule has 2 nitrogen and oxygen atoms in total. The van der Waals surface area contributed by atoms with E-state index in [0.717, 1.165) is 28.7 Å². The van der Waals surface area contributed by atoms with Crippen molar-refractivity contribution in [2.24, 2.45) is 5.73 Å². The molecule has 1 rings (SSSR count). The molecule has 0 radical (unpaired) electrons. The summed E-state index contributed by atoms with van der Waals surface area (Å²) in [5.74, 6) is 0. The number of hydrogen-bond donors (Lipinski definition) is 1. The van der Waals surface area contributed by atoms with E-state index >= 15 is 0 Å². The summed E-state index contributed by atoms with van der Waals surface area (Å²) in [6, 6.07) is 6.37. The second-order valence-corrected chi connectivity index (χ2v) is 5.33. The van der Waals surface area contributed by atoms with Crippen LogP contribution >= 0.6 is 15.9 Å². The average Bonchev–Trinajstić information content (AvgIpc) is 2.25. The molecule has 1 aromatic carbocycles. The van der Waals surface area contributed by atoms with Crippen molar-refractivity contribution < 1.29 is 0 Å². The van der Waals surface area contributed by atoms with Crippen molar-refractivity contribution in [2.45, 2.75) is 26.8 Å². The molecule has 0 aromatic heterocycles. The number of nitrogens with zero attached hydrogens (tertiary/aromatic N) is 1. The van der Waals surface area contributed by atoms with Crippen molar-refractivity contribution in [2.75, 3.05) is 18.0 Å². The Morgan fingerprint density at radius 3 is 2.59 bits per heavy atom. The number of halogens is 1. The van der Waals surface area contributed by atoms with Crippen molar-refractivity contribution >= 4 is 21.6 Å². The molecule has 0 aliphatic carbocycles. The van der Waals surface area contributed by atoms with Gasteiger partial charge in [-0.25, -0.2) is 0 Å². The van der Waals surface area contributed by atoms with Gasteiger partial charge in [-0.2, -0.15) is 0 Å². The molecule has 0 saturated heterocycles. The second kappa shape index (κ2) is 6.22. The fourth-order valence-corrected chi connectivity index (χ4v) is 2.40. The van der Waals surface area contributed by atoms with Gasteiger partial charge in [-0.1, -0.05) is 18.2 Å². The number of benzene rings is 1. The predicted molar refractivity (Wildman–Crippen MR) is 79.4 cm³/mol. The van der Waals surface area contributed by atoms with E-state index in [1.165, 1.54) is 5.69 Å². The molecule has 1 atom stereocenters. The highest BCUT2D eigenvalue weighted by Crippen LogP contribution is 2.29. The van der Waals surface area contributed by atoms with Gasteiger partial charge in [0, 0.05) is 23.6 Å². The normalized spacial score (nSPS) is 12.3. The number of rotatable bonds is 5. The number of hydrogen-bond acceptors (Lipinski definition) is 2. The Kier molecular flexibility index (Phi) is 5.22. The van der Waals surface area contributed by atoms with E-state index in [1.807, 2.05) is 13.8 Å². The first-order valence-electron chi connectivity index (χ1n) is 5.90. The third kappa shape index (κ3) is 3.86. The summed E-state index contributed by atoms with van der Waals surface area (Å²) in [5, 5.41) is 0. The molecule has 17 heavy (non-hydrogen) atoms. The maximum Gasteiger partial charge on any atom is 0.0513 e. The van der Waals surface area contributed by atoms with Crippen molar-refractivity contribution in [3.63, 3.8) is 0 Å². The summed E-state index contributed by atoms with van der Waals surface area (Å²) in [5.41, 5.74) is 9.38. The third-order valence-corrected chi connectivity index (χ3v) is 3.32. The lowest BCUT2D eigenvalue weighted by molar-refractivity contribution is 0.814. The molecule has 0 aliphatic rings. The number of nitrogens with two attached hydrogens (primary N) is 1. The lowest BCUT2D eigenvalue weighted by Crippen LogP contribution is -2.24. The summed E-state index contributed by atoms with van der Waals surface area (Å²) in [7, 11) is 0. The van der Waals surface area contributed by atoms with E-state index in [0.29, 0.717) is 0 Å². The molecule has 0 heterocycles. The minimum absolute atomic E-state index is 0.0663. The molecule has 0 aliphatic heterocycles. The molecule has 1 aromatic rings. The molecule has 3 heteroatoms. The molecule has 2 N–H and O–H groups in total. The first-order valence-corrected chi connectivity index (χ1v) is 6.69. The number of anilines is 1. The van der Waals surface area contributed by atoms with Crippen molar-refractivity contribution in [1.82, 2.24) is 0 Å². The summed E-state index contributed by atoms with van der Waals surface area (Å²) in [4.78, 5) is 2.29. The molecule has 0 amide bonds. The van der Waals surface area contributed by atoms with Gasteiger partial charge in [0.05, 0.1) is 5.69 Å². The summed E-state index contributed by atoms with van der Waals surface area (Å²) < 4.78 is 1.09. The van der Waals surface area contributed by atoms with Gasteiger partial charge >= 0.3 is 0 Å². The molecule has 0 fully saturated rings. The highest BCUT2D eigenvalue weighted by Gasteiger charge is 2.10. The Morgan fingerprint density at radius 1 is 1.53 bits per heavy atom. The van der Waals surface area contributed by atoms with Crippen LogP contribution in [-0.2, 0) is 0 Å². The van der Waals surface area contributed by atoms with Crippen LogP contribution in [0.1, 0.15) is 32.4 Å². The van der Waals surface area contributed by atoms with E-state index in [4.69, 9.17) is 5.73 Å². The van der Waals surface area contributed by atoms with Crippen LogP contribution in [0, 0.1) is 0 Å². The van der Waals surface area contributed by atoms with E-state index in [9.17, 15) is 0 Å². The summed E-state index contributed by atoms with van der Waals surface area (Å²) >= 11 is 3.62. The van der Waals surface area contributed by atoms with Crippen LogP contribution in [0.5, 0.6) is 0 Å². The minimum atomic E-state index is 0.0663. The zero-order chi connectivity index (χ0) is 13.0. The monoisotopic (exact) mass is 296 g/mol. The highest BCUT2D eigenvalue weighted by molar-refractivity contribution is 9.10. The third-order valence-electron chi connectivity index (χ3n) is 2.68. The maximum absolute atomic E-state index is 5.87. The number of likely N-dealkylation sites (N-methyl/N-ethyl adjacent to an activating group) is 1. The summed E-state index contributed by atoms with van der Waals surface area (Å²) in [6.07, 6.45) is 0. The van der Waals surface area contributed by atoms with Gasteiger partial charge in [0.15, 0.2) is 0 Å². The quantitative estimate of drug-likeness (QED) is 0.836. The molecule has 0 bridgehead atoms. The molecule has 1 unspecified atom stereocenters. The molecule has 0 saturated carbocycles. The van der Waals surface area contributed by atoms with Crippen LogP contribution in [-0.4, -0.2) is 13.1 Å². The zero-order valence-corrected chi connectivity index (χ0v) is 12.4. The zero-order valence-electron chi connectivity index (χ0n) is 10.8. The molecular weight excluding hydrogens is 276 g/mol. The Morgan fingerprint density at radius 2 is 2.18 bits per heavy atom. The second-order valence-electron chi connectivity index (χ2n) is 4.47. The SMILES string of the molecule is C=C(C)CN(CC)c1ccc(C(C)N)cc1Br. The van der Waals surface area contributed by atoms with Crippen LogP contribution < -0.4 is 10.6 Å². The van der Waals surface area contributed by atoms with E-state index < -0.39 is 0 Å². The maximum atomic E-state index is 5.87. The Balaban J connectivity index is 3.00. The highest BCUT2D eigenvalue weighted by atomic mass is 79.9. The molecular formula is C14H21BrN2. The fraction of sp³-hybridized carbons (Fsp3) is 0.429. The largest absolute Gasteiger partial charge is 0.367 e. The lowest BCUT2D eigenvalue weighted by atomic mass is 10.1. The average molecular weight is 297 g/mol. The van der Waals surface area contributed by atoms with Crippen molar-refractivity contribution in [1.29, 1.82) is 0 Å². The first-order chi connectivity index (χ1) is 7.95. The lowest BCUT2D eigenvalue weighted by Gasteiger charge is -2.25. The topological polar surface area (TPSA) is 29.3 Å². The smallest absolute Gasteiger partial charge is 0.0513 e. The summed E-state index contributed by atoms with van der Waals surface area (Å²) in [6.45, 7) is 12.0. The van der Waals surface area contributed by atoms with Gasteiger partial charge < -0.3 is 10.6 Å². The van der Waals surface area contributed by atoms with Gasteiger partial charge in [-0.3, -0.25) is 0 Å². The molecule has 94 valence electrons. The van der Waals surface area contributed by atoms with Crippen LogP contribution in [0.15, 0.2) is 34.8 Å². The van der Waals surface area contributed by atoms with Crippen LogP contribution in [0.25, 0.3) is 0 Å². The Hall–Kier alpha value is -0.800. The van der Waals surface area contributed by atoms with Gasteiger partial charge in [-0.15, -0.1) is 0 Å². The van der Waals surface area contributed by atoms with Gasteiger partial charge in [0.2, 0.25) is 0 Å². The van der Waals surface area contributed by atoms with E-state index in [1.54, 1.807) is 0 Å². The standard InChI is InChI=1S/C14H21BrN2/c1-5-17(9-10(2)3)14-7-6-12(11(4)16)8-13(14)15/h6-8,11H,2,5,9,16H2,1,3-4H3. The van der Waals surface area contributed by atoms with Gasteiger partial charge in [0.1, 0.15) is 0 Å². The van der Waals surface area contributed by atoms with Gasteiger partial charge in [0.25, 0.3) is 0 Å². The minimum Gasteiger partial charge on any atom is -0.367 e. The fourth-order valence-electron chi connectivity index (χ4n) is 1.76. The van der Waals surface area contributed by atoms with Gasteiger partial charge in [-0.05, 0) is 54.4 Å². The van der Waals surface area contributed by atoms with Crippen LogP contribution in [0.2, 0.25) is 0 Å². The van der Waals surface area contributed by atoms with E-state index in [2.05, 4.69) is 52.5 Å². The first kappa shape index (κ1) is 14.3. The Bertz CT molecular complexity index is 399. The predicted octanol–water partition coefficient (Wildman–Crippen LogP) is 3.87.